The number of hydrogen-bond donors (Lipinski definition) is 11. The van der Waals surface area contributed by atoms with Crippen LogP contribution in [0.15, 0.2) is 0 Å². The number of phosphoric acid groups is 1. The van der Waals surface area contributed by atoms with E-state index in [0.29, 0.717) is 19.3 Å². The quantitative estimate of drug-likeness (QED) is 0.0117. The summed E-state index contributed by atoms with van der Waals surface area (Å²) in [6, 6.07) is 0. The summed E-state index contributed by atoms with van der Waals surface area (Å²) in [7, 11) is -5.69. The van der Waals surface area contributed by atoms with E-state index in [1.54, 1.807) is 0 Å². The first-order valence-corrected chi connectivity index (χ1v) is 39.3. The van der Waals surface area contributed by atoms with Crippen LogP contribution in [-0.4, -0.2) is 204 Å². The molecule has 24 nitrogen and oxygen atoms in total. The molecule has 0 aromatic heterocycles. The molecule has 18 unspecified atom stereocenters. The lowest BCUT2D eigenvalue weighted by molar-refractivity contribution is -0.360. The van der Waals surface area contributed by atoms with Gasteiger partial charge in [0.25, 0.3) is 0 Å². The van der Waals surface area contributed by atoms with Crippen molar-refractivity contribution in [2.75, 3.05) is 26.4 Å². The highest BCUT2D eigenvalue weighted by atomic mass is 31.2. The first-order chi connectivity index (χ1) is 46.3. The minimum atomic E-state index is -5.69. The molecule has 566 valence electrons. The number of esters is 3. The summed E-state index contributed by atoms with van der Waals surface area (Å²) >= 11 is 0. The molecule has 0 radical (unpaired) electrons. The van der Waals surface area contributed by atoms with E-state index >= 15 is 0 Å². The highest BCUT2D eigenvalue weighted by Gasteiger charge is 2.58. The fourth-order valence-corrected chi connectivity index (χ4v) is 13.7. The van der Waals surface area contributed by atoms with E-state index in [-0.39, 0.29) is 19.3 Å². The van der Waals surface area contributed by atoms with Gasteiger partial charge in [0.05, 0.1) is 13.2 Å². The molecular weight excluding hydrogens is 1270 g/mol. The summed E-state index contributed by atoms with van der Waals surface area (Å²) in [5.74, 6) is -1.98. The minimum absolute atomic E-state index is 0.0341. The molecule has 1 aliphatic carbocycles. The molecule has 0 aromatic carbocycles. The normalized spacial score (nSPS) is 27.9. The number of hydrogen-bond acceptors (Lipinski definition) is 23. The van der Waals surface area contributed by atoms with Crippen molar-refractivity contribution >= 4 is 25.7 Å². The van der Waals surface area contributed by atoms with Crippen LogP contribution >= 0.6 is 7.82 Å². The van der Waals surface area contributed by atoms with Crippen LogP contribution < -0.4 is 0 Å². The summed E-state index contributed by atoms with van der Waals surface area (Å²) in [6.45, 7) is 3.45. The van der Waals surface area contributed by atoms with Gasteiger partial charge in [-0.2, -0.15) is 0 Å². The Hall–Kier alpha value is -2.04. The van der Waals surface area contributed by atoms with Crippen molar-refractivity contribution in [1.29, 1.82) is 0 Å². The van der Waals surface area contributed by atoms with Crippen molar-refractivity contribution in [1.82, 2.24) is 0 Å². The first-order valence-electron chi connectivity index (χ1n) is 37.8. The van der Waals surface area contributed by atoms with Gasteiger partial charge in [0, 0.05) is 19.3 Å². The summed E-state index contributed by atoms with van der Waals surface area (Å²) < 4.78 is 65.0. The SMILES string of the molecule is CCCCCCCCCCCCCCCCCCCC(=O)OCC1OC(OC2C(O)C(O)C(O)C(OC3OC(CO)C(O)C(O)C3O)C2OP(=O)(O)OCC(COC(=O)CCCCCCCCCCCCCCC)OC(=O)CCCCCCCCCCCCC)C(O)C(O)C1O. The topological polar surface area (TPSA) is 374 Å². The van der Waals surface area contributed by atoms with Crippen LogP contribution in [0.4, 0.5) is 0 Å². The van der Waals surface area contributed by atoms with Gasteiger partial charge in [0.2, 0.25) is 0 Å². The third-order valence-electron chi connectivity index (χ3n) is 18.9. The molecule has 2 aliphatic heterocycles. The second kappa shape index (κ2) is 53.7. The van der Waals surface area contributed by atoms with E-state index < -0.39 is 156 Å². The van der Waals surface area contributed by atoms with E-state index in [4.69, 9.17) is 42.2 Å². The van der Waals surface area contributed by atoms with E-state index in [9.17, 15) is 74.9 Å². The number of aliphatic hydroxyl groups is 10. The number of carbonyl (C=O) groups excluding carboxylic acids is 3. The maximum absolute atomic E-state index is 14.3. The zero-order valence-electron chi connectivity index (χ0n) is 58.9. The number of rotatable bonds is 59. The van der Waals surface area contributed by atoms with Crippen molar-refractivity contribution in [2.45, 2.75) is 407 Å². The molecule has 0 aromatic rings. The van der Waals surface area contributed by atoms with Gasteiger partial charge in [-0.25, -0.2) is 4.57 Å². The van der Waals surface area contributed by atoms with Crippen molar-refractivity contribution in [3.8, 4) is 0 Å². The average Bonchev–Trinajstić information content (AvgIpc) is 0.765. The predicted molar refractivity (Wildman–Crippen MR) is 361 cm³/mol. The van der Waals surface area contributed by atoms with Gasteiger partial charge in [-0.05, 0) is 19.3 Å². The van der Waals surface area contributed by atoms with Gasteiger partial charge in [0.15, 0.2) is 18.7 Å². The Bertz CT molecular complexity index is 1990. The van der Waals surface area contributed by atoms with Crippen LogP contribution in [0.25, 0.3) is 0 Å². The van der Waals surface area contributed by atoms with Crippen LogP contribution in [-0.2, 0) is 61.2 Å². The molecule has 3 aliphatic rings. The van der Waals surface area contributed by atoms with E-state index in [2.05, 4.69) is 20.8 Å². The fraction of sp³-hybridized carbons (Fsp3) is 0.958. The van der Waals surface area contributed by atoms with Crippen LogP contribution in [0.1, 0.15) is 303 Å². The molecule has 0 spiro atoms. The van der Waals surface area contributed by atoms with E-state index in [1.165, 1.54) is 154 Å². The van der Waals surface area contributed by atoms with Gasteiger partial charge >= 0.3 is 25.7 Å². The maximum Gasteiger partial charge on any atom is 0.472 e. The molecule has 11 N–H and O–H groups in total. The molecule has 0 bridgehead atoms. The third kappa shape index (κ3) is 36.7. The lowest BCUT2D eigenvalue weighted by atomic mass is 9.84. The third-order valence-corrected chi connectivity index (χ3v) is 19.9. The summed E-state index contributed by atoms with van der Waals surface area (Å²) in [6.07, 6.45) is 10.4. The Labute approximate surface area is 574 Å². The lowest BCUT2D eigenvalue weighted by Gasteiger charge is -2.49. The van der Waals surface area contributed by atoms with Crippen molar-refractivity contribution < 1.29 is 117 Å². The van der Waals surface area contributed by atoms with Crippen LogP contribution in [0.5, 0.6) is 0 Å². The Morgan fingerprint density at radius 3 is 1.02 bits per heavy atom. The van der Waals surface area contributed by atoms with Gasteiger partial charge < -0.3 is 89.1 Å². The van der Waals surface area contributed by atoms with Crippen molar-refractivity contribution in [3.63, 3.8) is 0 Å². The standard InChI is InChI=1S/C71H133O24P/c1-4-7-10-13-16-19-22-24-25-26-27-29-32-34-37-40-43-46-56(74)88-51-54-59(77)61(79)66(84)71(92-54)94-68-64(82)62(80)63(81)67(93-70-65(83)60(78)58(76)53(48-72)91-70)69(68)95-96(85,86)89-50-52(90-57(75)47-44-41-38-35-30-21-18-15-12-9-6-3)49-87-55(73)45-42-39-36-33-31-28-23-20-17-14-11-8-5-2/h52-54,58-72,76-84H,4-51H2,1-3H3,(H,85,86). The zero-order chi connectivity index (χ0) is 70.4. The van der Waals surface area contributed by atoms with Crippen molar-refractivity contribution in [3.05, 3.63) is 0 Å². The molecule has 25 heteroatoms. The van der Waals surface area contributed by atoms with Crippen LogP contribution in [0.3, 0.4) is 0 Å². The Balaban J connectivity index is 1.71. The Morgan fingerprint density at radius 2 is 0.667 bits per heavy atom. The minimum Gasteiger partial charge on any atom is -0.463 e. The van der Waals surface area contributed by atoms with E-state index in [0.717, 1.165) is 89.9 Å². The zero-order valence-corrected chi connectivity index (χ0v) is 59.8. The molecule has 3 fully saturated rings. The van der Waals surface area contributed by atoms with Gasteiger partial charge in [0.1, 0.15) is 98.7 Å². The molecule has 3 rings (SSSR count). The van der Waals surface area contributed by atoms with Crippen LogP contribution in [0, 0.1) is 0 Å². The maximum atomic E-state index is 14.3. The number of carbonyl (C=O) groups is 3. The second-order valence-electron chi connectivity index (χ2n) is 27.4. The Morgan fingerprint density at radius 1 is 0.365 bits per heavy atom. The summed E-state index contributed by atoms with van der Waals surface area (Å²) in [5.41, 5.74) is 0. The van der Waals surface area contributed by atoms with Crippen molar-refractivity contribution in [2.24, 2.45) is 0 Å². The van der Waals surface area contributed by atoms with Gasteiger partial charge in [-0.3, -0.25) is 23.4 Å². The van der Waals surface area contributed by atoms with Gasteiger partial charge in [-0.1, -0.05) is 265 Å². The highest BCUT2D eigenvalue weighted by molar-refractivity contribution is 7.47. The molecule has 18 atom stereocenters. The fourth-order valence-electron chi connectivity index (χ4n) is 12.7. The molecule has 1 saturated carbocycles. The number of unbranched alkanes of at least 4 members (excludes halogenated alkanes) is 38. The Kier molecular flexibility index (Phi) is 49.4. The molecule has 0 amide bonds. The molecular formula is C71H133O24P. The van der Waals surface area contributed by atoms with E-state index in [1.807, 2.05) is 0 Å². The second-order valence-corrected chi connectivity index (χ2v) is 28.8. The number of aliphatic hydroxyl groups excluding tert-OH is 10. The van der Waals surface area contributed by atoms with Gasteiger partial charge in [-0.15, -0.1) is 0 Å². The average molecular weight is 1400 g/mol. The monoisotopic (exact) mass is 1400 g/mol. The number of ether oxygens (including phenoxy) is 7. The molecule has 96 heavy (non-hydrogen) atoms. The smallest absolute Gasteiger partial charge is 0.463 e. The first kappa shape index (κ1) is 88.2. The lowest BCUT2D eigenvalue weighted by Crippen LogP contribution is -2.69. The summed E-state index contributed by atoms with van der Waals surface area (Å²) in [4.78, 5) is 50.9. The van der Waals surface area contributed by atoms with Crippen LogP contribution in [0.2, 0.25) is 0 Å². The molecule has 2 heterocycles. The largest absolute Gasteiger partial charge is 0.472 e. The molecule has 2 saturated heterocycles. The summed E-state index contributed by atoms with van der Waals surface area (Å²) in [5, 5.41) is 110. The number of phosphoric ester groups is 1. The highest BCUT2D eigenvalue weighted by Crippen LogP contribution is 2.49. The predicted octanol–water partition coefficient (Wildman–Crippen LogP) is 10.2.